The number of piperidine rings is 1. The van der Waals surface area contributed by atoms with Crippen LogP contribution in [0.3, 0.4) is 0 Å². The number of morpholine rings is 1. The number of nitrogens with zero attached hydrogens (tertiary/aromatic N) is 2. The highest BCUT2D eigenvalue weighted by Crippen LogP contribution is 2.25. The monoisotopic (exact) mass is 444 g/mol. The number of carbonyl (C=O) groups excluding carboxylic acids is 2. The molecule has 2 aliphatic heterocycles. The van der Waals surface area contributed by atoms with Crippen molar-refractivity contribution in [2.75, 3.05) is 51.3 Å². The molecular weight excluding hydrogens is 404 g/mol. The summed E-state index contributed by atoms with van der Waals surface area (Å²) in [5.41, 5.74) is 2.12. The molecule has 3 amide bonds. The summed E-state index contributed by atoms with van der Waals surface area (Å²) >= 11 is 0. The molecular formula is C25H40N4O3. The highest BCUT2D eigenvalue weighted by Gasteiger charge is 2.32. The molecule has 0 aliphatic carbocycles. The lowest BCUT2D eigenvalue weighted by Gasteiger charge is -2.43. The number of benzene rings is 1. The van der Waals surface area contributed by atoms with Gasteiger partial charge in [-0.3, -0.25) is 9.69 Å². The summed E-state index contributed by atoms with van der Waals surface area (Å²) < 4.78 is 5.47. The molecule has 2 N–H and O–H groups in total. The lowest BCUT2D eigenvalue weighted by atomic mass is 9.91. The van der Waals surface area contributed by atoms with E-state index in [9.17, 15) is 9.59 Å². The van der Waals surface area contributed by atoms with Gasteiger partial charge in [0.1, 0.15) is 0 Å². The number of hydrogen-bond donors (Lipinski definition) is 2. The maximum Gasteiger partial charge on any atom is 0.319 e. The van der Waals surface area contributed by atoms with E-state index >= 15 is 0 Å². The second kappa shape index (κ2) is 10.7. The highest BCUT2D eigenvalue weighted by molar-refractivity contribution is 5.97. The Labute approximate surface area is 192 Å². The van der Waals surface area contributed by atoms with Crippen molar-refractivity contribution in [2.45, 2.75) is 53.0 Å². The van der Waals surface area contributed by atoms with Crippen molar-refractivity contribution in [3.63, 3.8) is 0 Å². The Morgan fingerprint density at radius 2 is 1.81 bits per heavy atom. The van der Waals surface area contributed by atoms with E-state index in [-0.39, 0.29) is 17.5 Å². The normalized spacial score (nSPS) is 24.0. The molecule has 7 nitrogen and oxygen atoms in total. The first-order chi connectivity index (χ1) is 15.2. The summed E-state index contributed by atoms with van der Waals surface area (Å²) in [6.07, 6.45) is 2.09. The van der Waals surface area contributed by atoms with Gasteiger partial charge in [0.15, 0.2) is 0 Å². The van der Waals surface area contributed by atoms with Crippen molar-refractivity contribution in [3.05, 3.63) is 29.3 Å². The predicted molar refractivity (Wildman–Crippen MR) is 128 cm³/mol. The summed E-state index contributed by atoms with van der Waals surface area (Å²) in [7, 11) is 0. The molecule has 7 heteroatoms. The number of rotatable bonds is 6. The molecule has 0 radical (unpaired) electrons. The van der Waals surface area contributed by atoms with Gasteiger partial charge in [-0.15, -0.1) is 0 Å². The van der Waals surface area contributed by atoms with Gasteiger partial charge in [-0.05, 0) is 56.2 Å². The van der Waals surface area contributed by atoms with Crippen molar-refractivity contribution in [2.24, 2.45) is 11.8 Å². The zero-order valence-corrected chi connectivity index (χ0v) is 20.4. The van der Waals surface area contributed by atoms with Crippen molar-refractivity contribution in [1.82, 2.24) is 15.1 Å². The number of aryl methyl sites for hydroxylation is 1. The second-order valence-electron chi connectivity index (χ2n) is 9.94. The van der Waals surface area contributed by atoms with Gasteiger partial charge < -0.3 is 20.3 Å². The van der Waals surface area contributed by atoms with Gasteiger partial charge in [0, 0.05) is 49.5 Å². The zero-order chi connectivity index (χ0) is 23.3. The minimum absolute atomic E-state index is 0.0396. The molecule has 0 saturated carbocycles. The van der Waals surface area contributed by atoms with Crippen LogP contribution in [0.4, 0.5) is 10.5 Å². The zero-order valence-electron chi connectivity index (χ0n) is 20.4. The molecule has 0 aromatic heterocycles. The molecule has 0 bridgehead atoms. The fourth-order valence-electron chi connectivity index (χ4n) is 4.90. The molecule has 2 fully saturated rings. The lowest BCUT2D eigenvalue weighted by molar-refractivity contribution is -0.0163. The second-order valence-corrected chi connectivity index (χ2v) is 9.94. The Hall–Kier alpha value is -2.12. The average molecular weight is 445 g/mol. The van der Waals surface area contributed by atoms with E-state index in [4.69, 9.17) is 4.74 Å². The number of carbonyl (C=O) groups is 2. The number of likely N-dealkylation sites (tertiary alicyclic amines) is 1. The first-order valence-electron chi connectivity index (χ1n) is 12.0. The maximum absolute atomic E-state index is 13.1. The fraction of sp³-hybridized carbons (Fsp3) is 0.680. The molecule has 2 heterocycles. The van der Waals surface area contributed by atoms with E-state index in [0.29, 0.717) is 29.6 Å². The van der Waals surface area contributed by atoms with Gasteiger partial charge in [0.2, 0.25) is 0 Å². The van der Waals surface area contributed by atoms with Crippen LogP contribution in [0.25, 0.3) is 0 Å². The standard InChI is InChI=1S/C25H40N4O3/c1-6-25(5,29-9-11-32-12-10-29)17-26-24(31)27-22-14-21(8-7-20(22)4)23(30)28-15-18(2)13-19(3)16-28/h7-8,14,18-19H,6,9-13,15-17H2,1-5H3,(H2,26,27,31)/t18-,19+,25-/m0/s1. The van der Waals surface area contributed by atoms with Crippen LogP contribution < -0.4 is 10.6 Å². The van der Waals surface area contributed by atoms with Crippen LogP contribution in [-0.4, -0.2) is 73.2 Å². The van der Waals surface area contributed by atoms with E-state index in [1.165, 1.54) is 0 Å². The molecule has 32 heavy (non-hydrogen) atoms. The minimum Gasteiger partial charge on any atom is -0.379 e. The topological polar surface area (TPSA) is 73.9 Å². The average Bonchev–Trinajstić information content (AvgIpc) is 2.78. The molecule has 0 unspecified atom stereocenters. The van der Waals surface area contributed by atoms with Crippen molar-refractivity contribution < 1.29 is 14.3 Å². The summed E-state index contributed by atoms with van der Waals surface area (Å²) in [6.45, 7) is 16.0. The SMILES string of the molecule is CC[C@@](C)(CNC(=O)Nc1cc(C(=O)N2C[C@H](C)C[C@H](C)C2)ccc1C)N1CCOCC1. The Bertz CT molecular complexity index is 798. The number of amides is 3. The fourth-order valence-corrected chi connectivity index (χ4v) is 4.90. The van der Waals surface area contributed by atoms with Gasteiger partial charge in [-0.2, -0.15) is 0 Å². The quantitative estimate of drug-likeness (QED) is 0.701. The summed E-state index contributed by atoms with van der Waals surface area (Å²) in [5.74, 6) is 1.06. The molecule has 0 spiro atoms. The third-order valence-corrected chi connectivity index (χ3v) is 7.05. The Morgan fingerprint density at radius 1 is 1.16 bits per heavy atom. The number of hydrogen-bond acceptors (Lipinski definition) is 4. The van der Waals surface area contributed by atoms with Gasteiger partial charge in [0.25, 0.3) is 5.91 Å². The molecule has 1 aromatic carbocycles. The Kier molecular flexibility index (Phi) is 8.17. The maximum atomic E-state index is 13.1. The summed E-state index contributed by atoms with van der Waals surface area (Å²) in [5, 5.41) is 6.00. The smallest absolute Gasteiger partial charge is 0.319 e. The number of urea groups is 1. The van der Waals surface area contributed by atoms with Crippen LogP contribution in [0.1, 0.15) is 56.5 Å². The molecule has 3 rings (SSSR count). The van der Waals surface area contributed by atoms with Crippen LogP contribution in [0, 0.1) is 18.8 Å². The van der Waals surface area contributed by atoms with Gasteiger partial charge in [0.05, 0.1) is 13.2 Å². The van der Waals surface area contributed by atoms with Crippen LogP contribution in [0.5, 0.6) is 0 Å². The van der Waals surface area contributed by atoms with E-state index < -0.39 is 0 Å². The van der Waals surface area contributed by atoms with Crippen LogP contribution in [0.15, 0.2) is 18.2 Å². The molecule has 1 aromatic rings. The number of ether oxygens (including phenoxy) is 1. The van der Waals surface area contributed by atoms with Crippen LogP contribution in [0.2, 0.25) is 0 Å². The van der Waals surface area contributed by atoms with Crippen LogP contribution in [-0.2, 0) is 4.74 Å². The third kappa shape index (κ3) is 6.01. The molecule has 178 valence electrons. The lowest BCUT2D eigenvalue weighted by Crippen LogP contribution is -2.57. The Balaban J connectivity index is 1.62. The Morgan fingerprint density at radius 3 is 2.44 bits per heavy atom. The van der Waals surface area contributed by atoms with Crippen molar-refractivity contribution in [3.8, 4) is 0 Å². The van der Waals surface area contributed by atoms with E-state index in [1.807, 2.05) is 30.0 Å². The summed E-state index contributed by atoms with van der Waals surface area (Å²) in [4.78, 5) is 30.1. The number of anilines is 1. The molecule has 2 saturated heterocycles. The molecule has 2 aliphatic rings. The van der Waals surface area contributed by atoms with Gasteiger partial charge in [-0.25, -0.2) is 4.79 Å². The first-order valence-corrected chi connectivity index (χ1v) is 12.0. The third-order valence-electron chi connectivity index (χ3n) is 7.05. The predicted octanol–water partition coefficient (Wildman–Crippen LogP) is 3.74. The highest BCUT2D eigenvalue weighted by atomic mass is 16.5. The van der Waals surface area contributed by atoms with E-state index in [1.54, 1.807) is 0 Å². The summed E-state index contributed by atoms with van der Waals surface area (Å²) in [6, 6.07) is 5.33. The first kappa shape index (κ1) is 24.5. The minimum atomic E-state index is -0.245. The van der Waals surface area contributed by atoms with E-state index in [0.717, 1.165) is 57.8 Å². The van der Waals surface area contributed by atoms with Crippen molar-refractivity contribution >= 4 is 17.6 Å². The van der Waals surface area contributed by atoms with Crippen LogP contribution >= 0.6 is 0 Å². The van der Waals surface area contributed by atoms with Gasteiger partial charge >= 0.3 is 6.03 Å². The molecule has 3 atom stereocenters. The number of nitrogens with one attached hydrogen (secondary N) is 2. The van der Waals surface area contributed by atoms with Crippen molar-refractivity contribution in [1.29, 1.82) is 0 Å². The van der Waals surface area contributed by atoms with E-state index in [2.05, 4.69) is 43.2 Å². The van der Waals surface area contributed by atoms with Gasteiger partial charge in [-0.1, -0.05) is 26.8 Å². The largest absolute Gasteiger partial charge is 0.379 e.